The smallest absolute Gasteiger partial charge is 0.326 e. The van der Waals surface area contributed by atoms with E-state index in [-0.39, 0.29) is 24.7 Å². The van der Waals surface area contributed by atoms with Crippen LogP contribution in [0.15, 0.2) is 0 Å². The summed E-state index contributed by atoms with van der Waals surface area (Å²) in [6, 6.07) is -9.43. The number of carbonyl (C=O) groups is 9. The first-order valence-corrected chi connectivity index (χ1v) is 21.7. The maximum atomic E-state index is 13.8. The molecule has 0 fully saturated rings. The van der Waals surface area contributed by atoms with E-state index in [1.54, 1.807) is 55.4 Å². The van der Waals surface area contributed by atoms with Gasteiger partial charge in [0.2, 0.25) is 41.4 Å². The Balaban J connectivity index is 0. The third-order valence-corrected chi connectivity index (χ3v) is 10.0. The largest absolute Gasteiger partial charge is 0.481 e. The lowest BCUT2D eigenvalue weighted by Gasteiger charge is -2.31. The van der Waals surface area contributed by atoms with E-state index < -0.39 is 125 Å². The van der Waals surface area contributed by atoms with E-state index in [9.17, 15) is 48.6 Å². The number of nitrogens with two attached hydrogens (primary N) is 2. The van der Waals surface area contributed by atoms with Crippen LogP contribution in [0.5, 0.6) is 0 Å². The third kappa shape index (κ3) is 23.4. The second-order valence-corrected chi connectivity index (χ2v) is 17.5. The molecular formula is C42H79N9O12. The first-order valence-electron chi connectivity index (χ1n) is 21.7. The molecule has 21 heteroatoms. The molecule has 21 nitrogen and oxygen atoms in total. The number of hydrogen-bond acceptors (Lipinski definition) is 12. The third-order valence-electron chi connectivity index (χ3n) is 10.0. The molecule has 0 aliphatic carbocycles. The number of nitrogens with one attached hydrogen (secondary N) is 7. The zero-order valence-electron chi connectivity index (χ0n) is 39.5. The highest BCUT2D eigenvalue weighted by Crippen LogP contribution is 2.13. The number of aliphatic carboxylic acids is 2. The Morgan fingerprint density at radius 3 is 1.33 bits per heavy atom. The number of rotatable bonds is 27. The van der Waals surface area contributed by atoms with Crippen molar-refractivity contribution in [2.45, 2.75) is 177 Å². The van der Waals surface area contributed by atoms with Gasteiger partial charge in [-0.2, -0.15) is 0 Å². The number of amides is 7. The summed E-state index contributed by atoms with van der Waals surface area (Å²) in [5, 5.41) is 45.8. The molecule has 0 saturated carbocycles. The molecule has 364 valence electrons. The molecule has 7 amide bonds. The van der Waals surface area contributed by atoms with Gasteiger partial charge in [0.05, 0.1) is 12.1 Å². The zero-order valence-corrected chi connectivity index (χ0v) is 39.5. The van der Waals surface area contributed by atoms with Gasteiger partial charge in [-0.25, -0.2) is 4.79 Å². The average molecular weight is 902 g/mol. The number of carboxylic acids is 2. The van der Waals surface area contributed by atoms with Gasteiger partial charge < -0.3 is 64.0 Å². The van der Waals surface area contributed by atoms with Crippen LogP contribution in [0.3, 0.4) is 0 Å². The number of aliphatic hydroxyl groups is 1. The fraction of sp³-hybridized carbons (Fsp3) is 0.786. The molecule has 4 unspecified atom stereocenters. The van der Waals surface area contributed by atoms with Crippen molar-refractivity contribution >= 4 is 53.3 Å². The molecule has 10 atom stereocenters. The highest BCUT2D eigenvalue weighted by atomic mass is 16.4. The SMILES string of the molecule is CC(=O)O.CC[C@H](C)[C@H](NC(=O)C(C)NC(=O)C(N)C(C)C)C(=O)N[C@H](C(=O)NC(C(=O)N[C@@H](CC(C)C)C(=O)N[C@H](C(=O)N[C@@H](CCCCN)C(=O)O)C(C)C)C(C)C)C(C)O. The number of unbranched alkanes of at least 4 members (excludes halogenated alkanes) is 1. The summed E-state index contributed by atoms with van der Waals surface area (Å²) in [6.07, 6.45) is 0.308. The van der Waals surface area contributed by atoms with Crippen molar-refractivity contribution in [1.29, 1.82) is 0 Å². The predicted octanol–water partition coefficient (Wildman–Crippen LogP) is -0.527. The van der Waals surface area contributed by atoms with E-state index in [1.165, 1.54) is 13.8 Å². The summed E-state index contributed by atoms with van der Waals surface area (Å²) in [6.45, 7) is 21.5. The second kappa shape index (κ2) is 30.2. The van der Waals surface area contributed by atoms with Crippen LogP contribution in [-0.4, -0.2) is 130 Å². The van der Waals surface area contributed by atoms with Crippen molar-refractivity contribution < 1.29 is 58.5 Å². The summed E-state index contributed by atoms with van der Waals surface area (Å²) < 4.78 is 0. The predicted molar refractivity (Wildman–Crippen MR) is 236 cm³/mol. The topological polar surface area (TPSA) is 351 Å². The molecule has 0 aromatic rings. The lowest BCUT2D eigenvalue weighted by molar-refractivity contribution is -0.143. The number of carboxylic acid groups (broad SMARTS) is 2. The molecule has 0 aromatic carbocycles. The van der Waals surface area contributed by atoms with Gasteiger partial charge in [0.1, 0.15) is 42.3 Å². The Kier molecular flexibility index (Phi) is 28.9. The second-order valence-electron chi connectivity index (χ2n) is 17.5. The van der Waals surface area contributed by atoms with Crippen LogP contribution < -0.4 is 48.7 Å². The summed E-state index contributed by atoms with van der Waals surface area (Å²) in [7, 11) is 0. The van der Waals surface area contributed by atoms with E-state index in [1.807, 2.05) is 13.8 Å². The molecule has 0 rings (SSSR count). The van der Waals surface area contributed by atoms with Gasteiger partial charge in [0.25, 0.3) is 5.97 Å². The van der Waals surface area contributed by atoms with E-state index in [2.05, 4.69) is 37.2 Å². The fourth-order valence-corrected chi connectivity index (χ4v) is 5.85. The molecule has 0 heterocycles. The lowest BCUT2D eigenvalue weighted by atomic mass is 9.96. The Morgan fingerprint density at radius 1 is 0.524 bits per heavy atom. The normalized spacial score (nSPS) is 16.0. The van der Waals surface area contributed by atoms with Gasteiger partial charge in [-0.05, 0) is 75.7 Å². The van der Waals surface area contributed by atoms with Crippen molar-refractivity contribution in [2.75, 3.05) is 6.54 Å². The first-order chi connectivity index (χ1) is 29.0. The van der Waals surface area contributed by atoms with Gasteiger partial charge in [-0.3, -0.25) is 38.4 Å². The minimum absolute atomic E-state index is 0.117. The average Bonchev–Trinajstić information content (AvgIpc) is 3.17. The zero-order chi connectivity index (χ0) is 49.5. The Hall–Kier alpha value is -4.89. The van der Waals surface area contributed by atoms with Gasteiger partial charge in [0.15, 0.2) is 0 Å². The number of hydrogen-bond donors (Lipinski definition) is 12. The highest BCUT2D eigenvalue weighted by Gasteiger charge is 2.37. The maximum Gasteiger partial charge on any atom is 0.326 e. The van der Waals surface area contributed by atoms with E-state index >= 15 is 0 Å². The van der Waals surface area contributed by atoms with Crippen molar-refractivity contribution in [1.82, 2.24) is 37.2 Å². The van der Waals surface area contributed by atoms with Crippen LogP contribution in [0.1, 0.15) is 122 Å². The Labute approximate surface area is 372 Å². The minimum Gasteiger partial charge on any atom is -0.481 e. The summed E-state index contributed by atoms with van der Waals surface area (Å²) in [4.78, 5) is 115. The quantitative estimate of drug-likeness (QED) is 0.0462. The van der Waals surface area contributed by atoms with E-state index in [0.717, 1.165) is 6.92 Å². The van der Waals surface area contributed by atoms with Gasteiger partial charge in [0, 0.05) is 6.92 Å². The van der Waals surface area contributed by atoms with Gasteiger partial charge >= 0.3 is 5.97 Å². The van der Waals surface area contributed by atoms with Crippen molar-refractivity contribution in [2.24, 2.45) is 41.1 Å². The molecule has 0 aromatic heterocycles. The van der Waals surface area contributed by atoms with Crippen molar-refractivity contribution in [3.63, 3.8) is 0 Å². The van der Waals surface area contributed by atoms with Crippen LogP contribution in [0, 0.1) is 29.6 Å². The molecule has 0 saturated heterocycles. The van der Waals surface area contributed by atoms with Crippen LogP contribution in [0.4, 0.5) is 0 Å². The first kappa shape index (κ1) is 60.2. The Morgan fingerprint density at radius 2 is 0.937 bits per heavy atom. The van der Waals surface area contributed by atoms with Crippen LogP contribution in [-0.2, 0) is 43.2 Å². The van der Waals surface area contributed by atoms with E-state index in [4.69, 9.17) is 21.4 Å². The molecular weight excluding hydrogens is 823 g/mol. The molecule has 0 bridgehead atoms. The lowest BCUT2D eigenvalue weighted by Crippen LogP contribution is -2.63. The summed E-state index contributed by atoms with van der Waals surface area (Å²) in [5.41, 5.74) is 11.4. The minimum atomic E-state index is -1.58. The van der Waals surface area contributed by atoms with Gasteiger partial charge in [-0.1, -0.05) is 75.7 Å². The number of aliphatic hydroxyl groups excluding tert-OH is 1. The highest BCUT2D eigenvalue weighted by molar-refractivity contribution is 5.98. The monoisotopic (exact) mass is 902 g/mol. The van der Waals surface area contributed by atoms with Gasteiger partial charge in [-0.15, -0.1) is 0 Å². The fourth-order valence-electron chi connectivity index (χ4n) is 5.85. The van der Waals surface area contributed by atoms with Crippen molar-refractivity contribution in [3.05, 3.63) is 0 Å². The molecule has 14 N–H and O–H groups in total. The molecule has 0 aliphatic rings. The van der Waals surface area contributed by atoms with Crippen LogP contribution >= 0.6 is 0 Å². The van der Waals surface area contributed by atoms with Crippen LogP contribution in [0.25, 0.3) is 0 Å². The molecule has 63 heavy (non-hydrogen) atoms. The summed E-state index contributed by atoms with van der Waals surface area (Å²) >= 11 is 0. The van der Waals surface area contributed by atoms with E-state index in [0.29, 0.717) is 25.8 Å². The maximum absolute atomic E-state index is 13.8. The van der Waals surface area contributed by atoms with Crippen LogP contribution in [0.2, 0.25) is 0 Å². The summed E-state index contributed by atoms with van der Waals surface area (Å²) in [5.74, 6) is -8.90. The Bertz CT molecular complexity index is 1500. The molecule has 0 spiro atoms. The number of carbonyl (C=O) groups excluding carboxylic acids is 7. The molecule has 0 radical (unpaired) electrons. The van der Waals surface area contributed by atoms with Crippen molar-refractivity contribution in [3.8, 4) is 0 Å². The standard InChI is InChI=1S/C40H75N9O10.C2H4O2/c1-13-23(10)31(48-33(51)24(11)43-35(53)28(42)20(4)5)38(56)49-32(25(12)50)39(57)47-30(22(8)9)37(55)45-27(18-19(2)3)34(52)46-29(21(6)7)36(54)44-26(40(58)59)16-14-15-17-41;1-2(3)4/h19-32,50H,13-18,41-42H2,1-12H3,(H,43,53)(H,44,54)(H,45,55)(H,46,52)(H,47,57)(H,48,51)(H,49,56)(H,58,59);1H3,(H,3,4)/t23-,24?,25?,26-,27-,28?,29-,30?,31-,32-;/m0./s1. The molecule has 0 aliphatic heterocycles.